The van der Waals surface area contributed by atoms with Crippen LogP contribution in [0.25, 0.3) is 0 Å². The van der Waals surface area contributed by atoms with Gasteiger partial charge in [0.1, 0.15) is 0 Å². The van der Waals surface area contributed by atoms with E-state index >= 15 is 0 Å². The predicted octanol–water partition coefficient (Wildman–Crippen LogP) is 2.08. The van der Waals surface area contributed by atoms with Crippen LogP contribution < -0.4 is 10.6 Å². The number of piperidine rings is 1. The summed E-state index contributed by atoms with van der Waals surface area (Å²) in [5.41, 5.74) is 0.869. The number of nitrogens with one attached hydrogen (secondary N) is 2. The molecule has 0 bridgehead atoms. The summed E-state index contributed by atoms with van der Waals surface area (Å²) in [6.45, 7) is 4.53. The van der Waals surface area contributed by atoms with Crippen LogP contribution in [0.5, 0.6) is 0 Å². The first-order valence-corrected chi connectivity index (χ1v) is 8.63. The Kier molecular flexibility index (Phi) is 6.63. The molecule has 6 heteroatoms. The molecule has 1 aromatic carbocycles. The molecular formula is C16H22IN3O2. The Morgan fingerprint density at radius 2 is 1.95 bits per heavy atom. The second kappa shape index (κ2) is 8.47. The van der Waals surface area contributed by atoms with Crippen molar-refractivity contribution in [3.63, 3.8) is 0 Å². The summed E-state index contributed by atoms with van der Waals surface area (Å²) < 4.78 is 1.04. The van der Waals surface area contributed by atoms with Crippen LogP contribution in [0.15, 0.2) is 24.3 Å². The van der Waals surface area contributed by atoms with Crippen molar-refractivity contribution in [2.45, 2.75) is 19.8 Å². The maximum atomic E-state index is 12.1. The van der Waals surface area contributed by atoms with Crippen molar-refractivity contribution in [2.24, 2.45) is 5.92 Å². The van der Waals surface area contributed by atoms with Crippen LogP contribution in [-0.2, 0) is 9.59 Å². The van der Waals surface area contributed by atoms with Gasteiger partial charge < -0.3 is 10.6 Å². The highest BCUT2D eigenvalue weighted by molar-refractivity contribution is 14.1. The zero-order valence-corrected chi connectivity index (χ0v) is 14.9. The molecule has 2 rings (SSSR count). The number of benzene rings is 1. The summed E-state index contributed by atoms with van der Waals surface area (Å²) >= 11 is 2.22. The summed E-state index contributed by atoms with van der Waals surface area (Å²) in [6, 6.07) is 7.77. The molecular weight excluding hydrogens is 393 g/mol. The van der Waals surface area contributed by atoms with Crippen LogP contribution in [0.3, 0.4) is 0 Å². The number of nitrogens with zero attached hydrogens (tertiary/aromatic N) is 1. The monoisotopic (exact) mass is 415 g/mol. The number of halogens is 1. The molecule has 1 heterocycles. The first-order chi connectivity index (χ1) is 10.5. The molecule has 0 atom stereocenters. The smallest absolute Gasteiger partial charge is 0.238 e. The third-order valence-corrected chi connectivity index (χ3v) is 4.80. The van der Waals surface area contributed by atoms with Crippen molar-refractivity contribution in [1.82, 2.24) is 10.2 Å². The molecule has 0 spiro atoms. The predicted molar refractivity (Wildman–Crippen MR) is 95.6 cm³/mol. The van der Waals surface area contributed by atoms with Gasteiger partial charge in [-0.25, -0.2) is 0 Å². The van der Waals surface area contributed by atoms with Gasteiger partial charge in [-0.1, -0.05) is 12.1 Å². The molecule has 1 saturated heterocycles. The molecule has 120 valence electrons. The van der Waals surface area contributed by atoms with Gasteiger partial charge in [-0.15, -0.1) is 0 Å². The number of amides is 2. The summed E-state index contributed by atoms with van der Waals surface area (Å²) in [6.07, 6.45) is 2.05. The van der Waals surface area contributed by atoms with Crippen molar-refractivity contribution in [2.75, 3.05) is 31.5 Å². The normalized spacial score (nSPS) is 16.3. The van der Waals surface area contributed by atoms with E-state index in [1.54, 1.807) is 6.92 Å². The lowest BCUT2D eigenvalue weighted by molar-refractivity contribution is -0.119. The van der Waals surface area contributed by atoms with Crippen LogP contribution in [0.1, 0.15) is 19.8 Å². The Labute approximate surface area is 145 Å². The van der Waals surface area contributed by atoms with Gasteiger partial charge in [0.05, 0.1) is 12.2 Å². The Hall–Kier alpha value is -1.15. The average molecular weight is 415 g/mol. The number of carbonyl (C=O) groups excluding carboxylic acids is 2. The highest BCUT2D eigenvalue weighted by Crippen LogP contribution is 2.18. The lowest BCUT2D eigenvalue weighted by atomic mass is 9.97. The molecule has 1 aliphatic rings. The van der Waals surface area contributed by atoms with E-state index in [1.807, 2.05) is 24.3 Å². The fourth-order valence-electron chi connectivity index (χ4n) is 2.59. The van der Waals surface area contributed by atoms with Crippen LogP contribution in [0, 0.1) is 9.49 Å². The topological polar surface area (TPSA) is 61.4 Å². The number of likely N-dealkylation sites (tertiary alicyclic amines) is 1. The molecule has 2 amide bonds. The van der Waals surface area contributed by atoms with Crippen molar-refractivity contribution < 1.29 is 9.59 Å². The van der Waals surface area contributed by atoms with E-state index in [4.69, 9.17) is 0 Å². The van der Waals surface area contributed by atoms with Crippen LogP contribution in [-0.4, -0.2) is 42.9 Å². The fraction of sp³-hybridized carbons (Fsp3) is 0.500. The van der Waals surface area contributed by atoms with E-state index in [0.717, 1.165) is 41.7 Å². The molecule has 0 radical (unpaired) electrons. The summed E-state index contributed by atoms with van der Waals surface area (Å²) in [5, 5.41) is 5.84. The van der Waals surface area contributed by atoms with Crippen LogP contribution >= 0.6 is 22.6 Å². The second-order valence-electron chi connectivity index (χ2n) is 5.68. The largest absolute Gasteiger partial charge is 0.356 e. The molecule has 0 unspecified atom stereocenters. The van der Waals surface area contributed by atoms with E-state index in [9.17, 15) is 9.59 Å². The minimum atomic E-state index is 0.0271. The van der Waals surface area contributed by atoms with Crippen molar-refractivity contribution >= 4 is 40.1 Å². The van der Waals surface area contributed by atoms with Crippen molar-refractivity contribution in [3.05, 3.63) is 27.8 Å². The first-order valence-electron chi connectivity index (χ1n) is 7.56. The zero-order valence-electron chi connectivity index (χ0n) is 12.8. The van der Waals surface area contributed by atoms with E-state index in [0.29, 0.717) is 12.5 Å². The molecule has 22 heavy (non-hydrogen) atoms. The zero-order chi connectivity index (χ0) is 15.9. The quantitative estimate of drug-likeness (QED) is 0.725. The number of hydrogen-bond donors (Lipinski definition) is 2. The standard InChI is InChI=1S/C16H22IN3O2/c1-12(21)18-10-13-6-8-20(9-7-13)11-16(22)19-15-5-3-2-4-14(15)17/h2-5,13H,6-11H2,1H3,(H,18,21)(H,19,22). The Morgan fingerprint density at radius 3 is 2.59 bits per heavy atom. The Balaban J connectivity index is 1.73. The molecule has 1 aliphatic heterocycles. The van der Waals surface area contributed by atoms with Gasteiger partial charge in [-0.2, -0.15) is 0 Å². The number of carbonyl (C=O) groups is 2. The van der Waals surface area contributed by atoms with E-state index in [1.165, 1.54) is 0 Å². The van der Waals surface area contributed by atoms with Gasteiger partial charge in [0.25, 0.3) is 0 Å². The fourth-order valence-corrected chi connectivity index (χ4v) is 3.11. The van der Waals surface area contributed by atoms with Gasteiger partial charge in [0, 0.05) is 17.0 Å². The molecule has 0 saturated carbocycles. The molecule has 0 aliphatic carbocycles. The maximum Gasteiger partial charge on any atom is 0.238 e. The third kappa shape index (κ3) is 5.57. The summed E-state index contributed by atoms with van der Waals surface area (Å²) in [7, 11) is 0. The second-order valence-corrected chi connectivity index (χ2v) is 6.85. The van der Waals surface area contributed by atoms with Gasteiger partial charge in [-0.3, -0.25) is 14.5 Å². The molecule has 2 N–H and O–H groups in total. The number of rotatable bonds is 5. The number of anilines is 1. The van der Waals surface area contributed by atoms with Gasteiger partial charge in [0.15, 0.2) is 0 Å². The minimum Gasteiger partial charge on any atom is -0.356 e. The molecule has 0 aromatic heterocycles. The average Bonchev–Trinajstić information content (AvgIpc) is 2.49. The minimum absolute atomic E-state index is 0.0271. The van der Waals surface area contributed by atoms with Gasteiger partial charge >= 0.3 is 0 Å². The number of para-hydroxylation sites is 1. The summed E-state index contributed by atoms with van der Waals surface area (Å²) in [4.78, 5) is 25.2. The van der Waals surface area contributed by atoms with E-state index < -0.39 is 0 Å². The highest BCUT2D eigenvalue weighted by atomic mass is 127. The molecule has 1 aromatic rings. The van der Waals surface area contributed by atoms with Gasteiger partial charge in [0.2, 0.25) is 11.8 Å². The lowest BCUT2D eigenvalue weighted by Crippen LogP contribution is -2.41. The van der Waals surface area contributed by atoms with Gasteiger partial charge in [-0.05, 0) is 66.6 Å². The first kappa shape index (κ1) is 17.2. The number of hydrogen-bond acceptors (Lipinski definition) is 3. The maximum absolute atomic E-state index is 12.1. The highest BCUT2D eigenvalue weighted by Gasteiger charge is 2.21. The third-order valence-electron chi connectivity index (χ3n) is 3.86. The SMILES string of the molecule is CC(=O)NCC1CCN(CC(=O)Nc2ccccc2I)CC1. The molecule has 5 nitrogen and oxygen atoms in total. The van der Waals surface area contributed by atoms with E-state index in [-0.39, 0.29) is 11.8 Å². The Bertz CT molecular complexity index is 528. The van der Waals surface area contributed by atoms with Crippen molar-refractivity contribution in [1.29, 1.82) is 0 Å². The van der Waals surface area contributed by atoms with Crippen molar-refractivity contribution in [3.8, 4) is 0 Å². The van der Waals surface area contributed by atoms with Crippen LogP contribution in [0.4, 0.5) is 5.69 Å². The lowest BCUT2D eigenvalue weighted by Gasteiger charge is -2.31. The molecule has 1 fully saturated rings. The van der Waals surface area contributed by atoms with E-state index in [2.05, 4.69) is 38.1 Å². The Morgan fingerprint density at radius 1 is 1.27 bits per heavy atom. The van der Waals surface area contributed by atoms with Crippen LogP contribution in [0.2, 0.25) is 0 Å². The summed E-state index contributed by atoms with van der Waals surface area (Å²) in [5.74, 6) is 0.585.